The summed E-state index contributed by atoms with van der Waals surface area (Å²) in [7, 11) is 3.11. The molecule has 0 aromatic heterocycles. The van der Waals surface area contributed by atoms with Crippen LogP contribution in [0.15, 0.2) is 72.4 Å². The zero-order valence-corrected chi connectivity index (χ0v) is 18.4. The lowest BCUT2D eigenvalue weighted by Crippen LogP contribution is -2.32. The third-order valence-electron chi connectivity index (χ3n) is 5.52. The van der Waals surface area contributed by atoms with E-state index in [0.717, 1.165) is 11.1 Å². The predicted octanol–water partition coefficient (Wildman–Crippen LogP) is 4.72. The highest BCUT2D eigenvalue weighted by Crippen LogP contribution is 2.35. The summed E-state index contributed by atoms with van der Waals surface area (Å²) in [4.78, 5) is 28.3. The highest BCUT2D eigenvalue weighted by Gasteiger charge is 2.40. The van der Waals surface area contributed by atoms with Gasteiger partial charge in [-0.2, -0.15) is 0 Å². The van der Waals surface area contributed by atoms with Crippen LogP contribution in [0.2, 0.25) is 0 Å². The Kier molecular flexibility index (Phi) is 5.69. The normalized spacial score (nSPS) is 13.6. The van der Waals surface area contributed by atoms with Crippen molar-refractivity contribution >= 4 is 28.8 Å². The lowest BCUT2D eigenvalue weighted by Gasteiger charge is -2.17. The Hall–Kier alpha value is -4.06. The third kappa shape index (κ3) is 3.83. The van der Waals surface area contributed by atoms with Gasteiger partial charge in [-0.05, 0) is 42.7 Å². The number of anilines is 2. The van der Waals surface area contributed by atoms with E-state index >= 15 is 0 Å². The maximum absolute atomic E-state index is 13.5. The second-order valence-electron chi connectivity index (χ2n) is 7.56. The molecule has 3 aromatic rings. The van der Waals surface area contributed by atoms with Crippen molar-refractivity contribution in [2.45, 2.75) is 13.8 Å². The zero-order chi connectivity index (χ0) is 22.8. The Labute approximate surface area is 187 Å². The van der Waals surface area contributed by atoms with Crippen molar-refractivity contribution in [3.8, 4) is 11.5 Å². The Balaban J connectivity index is 1.82. The van der Waals surface area contributed by atoms with Crippen LogP contribution in [0.5, 0.6) is 11.5 Å². The molecule has 0 aliphatic carbocycles. The molecule has 0 bridgehead atoms. The molecule has 1 aliphatic heterocycles. The molecule has 0 atom stereocenters. The number of benzene rings is 3. The highest BCUT2D eigenvalue weighted by molar-refractivity contribution is 6.46. The SMILES string of the molecule is COc1cc(NC2=C(c3ccccc3)C(=O)N(c3ccc(C)c(C)c3)C2=O)cc(OC)c1. The molecule has 3 aromatic carbocycles. The van der Waals surface area contributed by atoms with Crippen LogP contribution in [0.3, 0.4) is 0 Å². The number of aryl methyl sites for hydroxylation is 2. The number of ether oxygens (including phenoxy) is 2. The number of carbonyl (C=O) groups is 2. The van der Waals surface area contributed by atoms with Crippen molar-refractivity contribution in [3.63, 3.8) is 0 Å². The average Bonchev–Trinajstić information content (AvgIpc) is 3.05. The van der Waals surface area contributed by atoms with Gasteiger partial charge in [0, 0.05) is 23.9 Å². The second-order valence-corrected chi connectivity index (χ2v) is 7.56. The number of nitrogens with zero attached hydrogens (tertiary/aromatic N) is 1. The quantitative estimate of drug-likeness (QED) is 0.576. The summed E-state index contributed by atoms with van der Waals surface area (Å²) in [5.41, 5.74) is 4.39. The number of nitrogens with one attached hydrogen (secondary N) is 1. The van der Waals surface area contributed by atoms with Gasteiger partial charge in [-0.25, -0.2) is 4.90 Å². The van der Waals surface area contributed by atoms with Crippen molar-refractivity contribution < 1.29 is 19.1 Å². The van der Waals surface area contributed by atoms with Crippen LogP contribution in [0.25, 0.3) is 5.57 Å². The molecule has 162 valence electrons. The molecule has 6 nitrogen and oxygen atoms in total. The standard InChI is InChI=1S/C26H24N2O4/c1-16-10-11-20(12-17(16)2)28-25(29)23(18-8-6-5-7-9-18)24(26(28)30)27-19-13-21(31-3)15-22(14-19)32-4/h5-15,27H,1-4H3. The van der Waals surface area contributed by atoms with E-state index < -0.39 is 5.91 Å². The number of methoxy groups -OCH3 is 2. The van der Waals surface area contributed by atoms with Gasteiger partial charge in [-0.1, -0.05) is 36.4 Å². The molecular formula is C26H24N2O4. The molecule has 0 saturated heterocycles. The van der Waals surface area contributed by atoms with Crippen LogP contribution in [0.1, 0.15) is 16.7 Å². The maximum Gasteiger partial charge on any atom is 0.282 e. The minimum absolute atomic E-state index is 0.203. The van der Waals surface area contributed by atoms with Crippen LogP contribution >= 0.6 is 0 Å². The number of hydrogen-bond acceptors (Lipinski definition) is 5. The first-order chi connectivity index (χ1) is 15.4. The largest absolute Gasteiger partial charge is 0.497 e. The molecule has 0 radical (unpaired) electrons. The fourth-order valence-corrected chi connectivity index (χ4v) is 3.64. The van der Waals surface area contributed by atoms with Gasteiger partial charge in [-0.15, -0.1) is 0 Å². The number of hydrogen-bond donors (Lipinski definition) is 1. The minimum Gasteiger partial charge on any atom is -0.497 e. The van der Waals surface area contributed by atoms with Gasteiger partial charge in [0.1, 0.15) is 17.2 Å². The van der Waals surface area contributed by atoms with Gasteiger partial charge in [0.25, 0.3) is 11.8 Å². The van der Waals surface area contributed by atoms with Gasteiger partial charge in [0.2, 0.25) is 0 Å². The average molecular weight is 428 g/mol. The molecule has 6 heteroatoms. The van der Waals surface area contributed by atoms with Gasteiger partial charge in [-0.3, -0.25) is 9.59 Å². The minimum atomic E-state index is -0.418. The first kappa shape index (κ1) is 21.2. The van der Waals surface area contributed by atoms with E-state index in [1.54, 1.807) is 38.5 Å². The molecule has 1 N–H and O–H groups in total. The van der Waals surface area contributed by atoms with Gasteiger partial charge in [0.15, 0.2) is 0 Å². The summed E-state index contributed by atoms with van der Waals surface area (Å²) in [6.45, 7) is 3.95. The summed E-state index contributed by atoms with van der Waals surface area (Å²) in [6.07, 6.45) is 0. The summed E-state index contributed by atoms with van der Waals surface area (Å²) < 4.78 is 10.7. The summed E-state index contributed by atoms with van der Waals surface area (Å²) in [6, 6.07) is 20.0. The Morgan fingerprint density at radius 2 is 1.41 bits per heavy atom. The lowest BCUT2D eigenvalue weighted by molar-refractivity contribution is -0.120. The van der Waals surface area contributed by atoms with Crippen molar-refractivity contribution in [3.05, 3.63) is 89.1 Å². The molecule has 0 saturated carbocycles. The van der Waals surface area contributed by atoms with Crippen LogP contribution < -0.4 is 19.7 Å². The van der Waals surface area contributed by atoms with Gasteiger partial charge >= 0.3 is 0 Å². The first-order valence-electron chi connectivity index (χ1n) is 10.2. The first-order valence-corrected chi connectivity index (χ1v) is 10.2. The van der Waals surface area contributed by atoms with Crippen molar-refractivity contribution in [1.29, 1.82) is 0 Å². The molecule has 1 aliphatic rings. The van der Waals surface area contributed by atoms with E-state index in [1.165, 1.54) is 4.90 Å². The van der Waals surface area contributed by atoms with Crippen LogP contribution in [0, 0.1) is 13.8 Å². The van der Waals surface area contributed by atoms with Crippen molar-refractivity contribution in [2.75, 3.05) is 24.4 Å². The molecule has 32 heavy (non-hydrogen) atoms. The van der Waals surface area contributed by atoms with Crippen LogP contribution in [-0.4, -0.2) is 26.0 Å². The van der Waals surface area contributed by atoms with E-state index in [9.17, 15) is 9.59 Å². The Morgan fingerprint density at radius 1 is 0.750 bits per heavy atom. The lowest BCUT2D eigenvalue weighted by atomic mass is 10.0. The fourth-order valence-electron chi connectivity index (χ4n) is 3.64. The van der Waals surface area contributed by atoms with E-state index in [-0.39, 0.29) is 11.6 Å². The number of imide groups is 1. The molecule has 0 fully saturated rings. The maximum atomic E-state index is 13.5. The smallest absolute Gasteiger partial charge is 0.282 e. The van der Waals surface area contributed by atoms with E-state index in [0.29, 0.717) is 34.0 Å². The van der Waals surface area contributed by atoms with Gasteiger partial charge < -0.3 is 14.8 Å². The topological polar surface area (TPSA) is 67.9 Å². The Morgan fingerprint density at radius 3 is 2.00 bits per heavy atom. The second kappa shape index (κ2) is 8.59. The third-order valence-corrected chi connectivity index (χ3v) is 5.52. The summed E-state index contributed by atoms with van der Waals surface area (Å²) >= 11 is 0. The zero-order valence-electron chi connectivity index (χ0n) is 18.4. The number of carbonyl (C=O) groups excluding carboxylic acids is 2. The predicted molar refractivity (Wildman–Crippen MR) is 125 cm³/mol. The molecule has 0 spiro atoms. The summed E-state index contributed by atoms with van der Waals surface area (Å²) in [5, 5.41) is 3.15. The van der Waals surface area contributed by atoms with E-state index in [2.05, 4.69) is 5.32 Å². The molecule has 4 rings (SSSR count). The van der Waals surface area contributed by atoms with Crippen LogP contribution in [-0.2, 0) is 9.59 Å². The van der Waals surface area contributed by atoms with Crippen molar-refractivity contribution in [1.82, 2.24) is 0 Å². The number of rotatable bonds is 6. The highest BCUT2D eigenvalue weighted by atomic mass is 16.5. The molecular weight excluding hydrogens is 404 g/mol. The Bertz CT molecular complexity index is 1210. The number of amides is 2. The monoisotopic (exact) mass is 428 g/mol. The van der Waals surface area contributed by atoms with E-state index in [1.807, 2.05) is 56.3 Å². The molecule has 0 unspecified atom stereocenters. The van der Waals surface area contributed by atoms with Crippen LogP contribution in [0.4, 0.5) is 11.4 Å². The fraction of sp³-hybridized carbons (Fsp3) is 0.154. The van der Waals surface area contributed by atoms with E-state index in [4.69, 9.17) is 9.47 Å². The molecule has 2 amide bonds. The summed E-state index contributed by atoms with van der Waals surface area (Å²) in [5.74, 6) is 0.341. The molecule has 1 heterocycles. The van der Waals surface area contributed by atoms with Gasteiger partial charge in [0.05, 0.1) is 25.5 Å². The van der Waals surface area contributed by atoms with Crippen molar-refractivity contribution in [2.24, 2.45) is 0 Å².